The van der Waals surface area contributed by atoms with E-state index in [4.69, 9.17) is 4.74 Å². The molecule has 3 unspecified atom stereocenters. The van der Waals surface area contributed by atoms with E-state index in [-0.39, 0.29) is 0 Å². The Kier molecular flexibility index (Phi) is 8.01. The molecule has 2 fully saturated rings. The molecule has 2 aliphatic rings. The summed E-state index contributed by atoms with van der Waals surface area (Å²) in [5.41, 5.74) is 0.381. The first-order valence-electron chi connectivity index (χ1n) is 9.46. The minimum absolute atomic E-state index is 0.346. The molecule has 0 bridgehead atoms. The summed E-state index contributed by atoms with van der Waals surface area (Å²) in [5.74, 6) is 1.67. The van der Waals surface area contributed by atoms with E-state index >= 15 is 0 Å². The third-order valence-electron chi connectivity index (χ3n) is 5.73. The fraction of sp³-hybridized carbons (Fsp3) is 0.944. The highest BCUT2D eigenvalue weighted by Crippen LogP contribution is 2.43. The average molecular weight is 358 g/mol. The lowest BCUT2D eigenvalue weighted by atomic mass is 9.67. The van der Waals surface area contributed by atoms with Crippen molar-refractivity contribution in [1.82, 2.24) is 10.6 Å². The average Bonchev–Trinajstić information content (AvgIpc) is 2.58. The van der Waals surface area contributed by atoms with Gasteiger partial charge in [0.15, 0.2) is 5.96 Å². The normalized spacial score (nSPS) is 28.0. The quantitative estimate of drug-likeness (QED) is 0.517. The highest BCUT2D eigenvalue weighted by atomic mass is 32.2. The van der Waals surface area contributed by atoms with Crippen LogP contribution in [0.4, 0.5) is 0 Å². The summed E-state index contributed by atoms with van der Waals surface area (Å²) < 4.78 is 17.4. The van der Waals surface area contributed by atoms with E-state index in [1.54, 1.807) is 7.11 Å². The van der Waals surface area contributed by atoms with Crippen LogP contribution < -0.4 is 10.6 Å². The lowest BCUT2D eigenvalue weighted by Crippen LogP contribution is -2.50. The number of nitrogens with one attached hydrogen (secondary N) is 2. The molecule has 0 aromatic rings. The minimum Gasteiger partial charge on any atom is -0.385 e. The van der Waals surface area contributed by atoms with Gasteiger partial charge in [-0.25, -0.2) is 0 Å². The summed E-state index contributed by atoms with van der Waals surface area (Å²) >= 11 is 0. The standard InChI is InChI=1S/C18H35N3O2S/c1-4-24(22)16-8-5-7-15(13-16)21-17(19-2)20-14-18(9-6-10-18)11-12-23-3/h15-16H,4-14H2,1-3H3,(H2,19,20,21). The second kappa shape index (κ2) is 9.76. The van der Waals surface area contributed by atoms with E-state index in [1.165, 1.54) is 19.3 Å². The van der Waals surface area contributed by atoms with Crippen LogP contribution in [0, 0.1) is 5.41 Å². The highest BCUT2D eigenvalue weighted by Gasteiger charge is 2.36. The van der Waals surface area contributed by atoms with Gasteiger partial charge in [-0.05, 0) is 43.9 Å². The predicted octanol–water partition coefficient (Wildman–Crippen LogP) is 2.44. The number of rotatable bonds is 8. The zero-order valence-corrected chi connectivity index (χ0v) is 16.4. The second-order valence-corrected chi connectivity index (χ2v) is 9.33. The summed E-state index contributed by atoms with van der Waals surface area (Å²) in [6.45, 7) is 3.82. The third kappa shape index (κ3) is 5.45. The van der Waals surface area contributed by atoms with Crippen LogP contribution in [0.1, 0.15) is 58.3 Å². The molecule has 0 heterocycles. The van der Waals surface area contributed by atoms with E-state index in [1.807, 2.05) is 14.0 Å². The molecule has 0 aromatic carbocycles. The Bertz CT molecular complexity index is 438. The Morgan fingerprint density at radius 3 is 2.71 bits per heavy atom. The second-order valence-electron chi connectivity index (χ2n) is 7.32. The summed E-state index contributed by atoms with van der Waals surface area (Å²) in [4.78, 5) is 4.40. The zero-order chi connectivity index (χ0) is 17.4. The largest absolute Gasteiger partial charge is 0.385 e. The SMILES string of the molecule is CCS(=O)C1CCCC(NC(=NC)NCC2(CCOC)CCC2)C1. The van der Waals surface area contributed by atoms with Crippen LogP contribution in [0.5, 0.6) is 0 Å². The molecule has 5 nitrogen and oxygen atoms in total. The van der Waals surface area contributed by atoms with E-state index in [2.05, 4.69) is 15.6 Å². The number of methoxy groups -OCH3 is 1. The molecule has 24 heavy (non-hydrogen) atoms. The van der Waals surface area contributed by atoms with E-state index < -0.39 is 10.8 Å². The van der Waals surface area contributed by atoms with Gasteiger partial charge in [0.25, 0.3) is 0 Å². The Balaban J connectivity index is 1.80. The van der Waals surface area contributed by atoms with Gasteiger partial charge in [0.2, 0.25) is 0 Å². The maximum absolute atomic E-state index is 12.1. The first-order valence-corrected chi connectivity index (χ1v) is 10.8. The van der Waals surface area contributed by atoms with Gasteiger partial charge in [-0.3, -0.25) is 9.20 Å². The topological polar surface area (TPSA) is 62.7 Å². The van der Waals surface area contributed by atoms with Crippen molar-refractivity contribution in [3.05, 3.63) is 0 Å². The molecule has 3 atom stereocenters. The van der Waals surface area contributed by atoms with Gasteiger partial charge < -0.3 is 15.4 Å². The predicted molar refractivity (Wildman–Crippen MR) is 102 cm³/mol. The van der Waals surface area contributed by atoms with Gasteiger partial charge in [0.1, 0.15) is 0 Å². The first kappa shape index (κ1) is 19.7. The van der Waals surface area contributed by atoms with Gasteiger partial charge in [-0.15, -0.1) is 0 Å². The summed E-state index contributed by atoms with van der Waals surface area (Å²) in [5, 5.41) is 7.44. The Morgan fingerprint density at radius 1 is 1.33 bits per heavy atom. The Hall–Kier alpha value is -0.620. The number of hydrogen-bond acceptors (Lipinski definition) is 3. The van der Waals surface area contributed by atoms with Gasteiger partial charge in [0.05, 0.1) is 0 Å². The molecule has 0 amide bonds. The molecule has 2 aliphatic carbocycles. The fourth-order valence-corrected chi connectivity index (χ4v) is 5.27. The van der Waals surface area contributed by atoms with Crippen molar-refractivity contribution in [2.24, 2.45) is 10.4 Å². The maximum atomic E-state index is 12.1. The van der Waals surface area contributed by atoms with Crippen LogP contribution in [-0.2, 0) is 15.5 Å². The minimum atomic E-state index is -0.679. The van der Waals surface area contributed by atoms with Gasteiger partial charge in [-0.2, -0.15) is 0 Å². The smallest absolute Gasteiger partial charge is 0.191 e. The lowest BCUT2D eigenvalue weighted by Gasteiger charge is -2.42. The van der Waals surface area contributed by atoms with Crippen LogP contribution in [0.3, 0.4) is 0 Å². The third-order valence-corrected chi connectivity index (χ3v) is 7.47. The van der Waals surface area contributed by atoms with Crippen molar-refractivity contribution in [2.75, 3.05) is 33.1 Å². The summed E-state index contributed by atoms with van der Waals surface area (Å²) in [7, 11) is 2.93. The van der Waals surface area contributed by atoms with Crippen LogP contribution in [0.25, 0.3) is 0 Å². The van der Waals surface area contributed by atoms with Crippen molar-refractivity contribution in [1.29, 1.82) is 0 Å². The van der Waals surface area contributed by atoms with E-state index in [9.17, 15) is 4.21 Å². The van der Waals surface area contributed by atoms with Gasteiger partial charge >= 0.3 is 0 Å². The molecule has 0 aliphatic heterocycles. The summed E-state index contributed by atoms with van der Waals surface area (Å²) in [6, 6.07) is 0.391. The van der Waals surface area contributed by atoms with Crippen molar-refractivity contribution in [3.8, 4) is 0 Å². The molecule has 0 saturated heterocycles. The number of aliphatic imine (C=N–C) groups is 1. The molecular weight excluding hydrogens is 322 g/mol. The van der Waals surface area contributed by atoms with E-state index in [0.717, 1.165) is 57.0 Å². The monoisotopic (exact) mass is 357 g/mol. The summed E-state index contributed by atoms with van der Waals surface area (Å²) in [6.07, 6.45) is 9.40. The molecule has 2 N–H and O–H groups in total. The number of guanidine groups is 1. The van der Waals surface area contributed by atoms with Crippen LogP contribution in [-0.4, -0.2) is 54.5 Å². The molecule has 2 saturated carbocycles. The molecule has 0 radical (unpaired) electrons. The molecular formula is C18H35N3O2S. The molecule has 140 valence electrons. The first-order chi connectivity index (χ1) is 11.6. The Morgan fingerprint density at radius 2 is 2.12 bits per heavy atom. The molecule has 0 spiro atoms. The molecule has 6 heteroatoms. The van der Waals surface area contributed by atoms with Crippen molar-refractivity contribution in [3.63, 3.8) is 0 Å². The van der Waals surface area contributed by atoms with Crippen LogP contribution in [0.15, 0.2) is 4.99 Å². The number of ether oxygens (including phenoxy) is 1. The van der Waals surface area contributed by atoms with E-state index in [0.29, 0.717) is 16.7 Å². The van der Waals surface area contributed by atoms with Gasteiger partial charge in [-0.1, -0.05) is 19.8 Å². The van der Waals surface area contributed by atoms with Crippen molar-refractivity contribution < 1.29 is 8.95 Å². The number of hydrogen-bond donors (Lipinski definition) is 2. The van der Waals surface area contributed by atoms with Gasteiger partial charge in [0, 0.05) is 55.2 Å². The van der Waals surface area contributed by atoms with Crippen LogP contribution >= 0.6 is 0 Å². The Labute approximate surface area is 149 Å². The fourth-order valence-electron chi connectivity index (χ4n) is 3.92. The molecule has 0 aromatic heterocycles. The van der Waals surface area contributed by atoms with Crippen molar-refractivity contribution >= 4 is 16.8 Å². The maximum Gasteiger partial charge on any atom is 0.191 e. The lowest BCUT2D eigenvalue weighted by molar-refractivity contribution is 0.0732. The molecule has 2 rings (SSSR count). The van der Waals surface area contributed by atoms with Crippen LogP contribution in [0.2, 0.25) is 0 Å². The number of nitrogens with zero attached hydrogens (tertiary/aromatic N) is 1. The highest BCUT2D eigenvalue weighted by molar-refractivity contribution is 7.85. The zero-order valence-electron chi connectivity index (χ0n) is 15.6. The van der Waals surface area contributed by atoms with Crippen molar-refractivity contribution in [2.45, 2.75) is 69.6 Å².